The van der Waals surface area contributed by atoms with E-state index in [2.05, 4.69) is 0 Å². The van der Waals surface area contributed by atoms with Crippen LogP contribution in [0.2, 0.25) is 5.02 Å². The highest BCUT2D eigenvalue weighted by Gasteiger charge is 2.29. The third-order valence-electron chi connectivity index (χ3n) is 5.57. The first-order valence-electron chi connectivity index (χ1n) is 11.3. The largest absolute Gasteiger partial charge is 0.497 e. The number of sulfonamides is 1. The second-order valence-electron chi connectivity index (χ2n) is 8.25. The lowest BCUT2D eigenvalue weighted by atomic mass is 10.2. The van der Waals surface area contributed by atoms with E-state index in [1.165, 1.54) is 10.4 Å². The molecule has 3 aromatic carbocycles. The SMILES string of the molecule is COc1ccc(CN(c2ccc(OC)cc2)S(=O)(=O)c2cc(Cl)c(Oc3cccc(N(C)C)c3)s2)cc1. The molecule has 1 heterocycles. The maximum atomic E-state index is 13.9. The van der Waals surface area contributed by atoms with Crippen LogP contribution < -0.4 is 23.4 Å². The summed E-state index contributed by atoms with van der Waals surface area (Å²) in [6.07, 6.45) is 0. The molecule has 0 atom stereocenters. The van der Waals surface area contributed by atoms with Crippen molar-refractivity contribution in [2.24, 2.45) is 0 Å². The zero-order valence-electron chi connectivity index (χ0n) is 20.8. The van der Waals surface area contributed by atoms with E-state index < -0.39 is 10.0 Å². The minimum Gasteiger partial charge on any atom is -0.497 e. The highest BCUT2D eigenvalue weighted by Crippen LogP contribution is 2.42. The highest BCUT2D eigenvalue weighted by atomic mass is 35.5. The number of hydrogen-bond acceptors (Lipinski definition) is 7. The maximum Gasteiger partial charge on any atom is 0.274 e. The van der Waals surface area contributed by atoms with Crippen molar-refractivity contribution >= 4 is 44.3 Å². The average molecular weight is 559 g/mol. The van der Waals surface area contributed by atoms with E-state index in [4.69, 9.17) is 25.8 Å². The molecule has 0 spiro atoms. The second kappa shape index (κ2) is 11.3. The number of nitrogens with zero attached hydrogens (tertiary/aromatic N) is 2. The lowest BCUT2D eigenvalue weighted by Gasteiger charge is -2.24. The van der Waals surface area contributed by atoms with Crippen LogP contribution in [0.1, 0.15) is 5.56 Å². The van der Waals surface area contributed by atoms with Gasteiger partial charge in [0, 0.05) is 25.8 Å². The fraction of sp³-hybridized carbons (Fsp3) is 0.185. The monoisotopic (exact) mass is 558 g/mol. The van der Waals surface area contributed by atoms with Gasteiger partial charge in [-0.15, -0.1) is 0 Å². The third-order valence-corrected chi connectivity index (χ3v) is 9.20. The molecule has 0 aliphatic rings. The standard InChI is InChI=1S/C27H27ClN2O5S2/c1-29(2)21-6-5-7-24(16-21)35-27-25(28)17-26(36-27)37(31,32)30(20-10-14-23(34-4)15-11-20)18-19-8-12-22(33-3)13-9-19/h5-17H,18H2,1-4H3. The first-order chi connectivity index (χ1) is 17.7. The van der Waals surface area contributed by atoms with E-state index >= 15 is 0 Å². The van der Waals surface area contributed by atoms with E-state index in [0.717, 1.165) is 22.6 Å². The van der Waals surface area contributed by atoms with Gasteiger partial charge >= 0.3 is 0 Å². The summed E-state index contributed by atoms with van der Waals surface area (Å²) in [5, 5.41) is 0.522. The predicted octanol–water partition coefficient (Wildman–Crippen LogP) is 6.67. The molecule has 0 aliphatic carbocycles. The van der Waals surface area contributed by atoms with Gasteiger partial charge in [-0.3, -0.25) is 4.31 Å². The molecular formula is C27H27ClN2O5S2. The van der Waals surface area contributed by atoms with Gasteiger partial charge in [-0.25, -0.2) is 8.42 Å². The number of hydrogen-bond donors (Lipinski definition) is 0. The summed E-state index contributed by atoms with van der Waals surface area (Å²) in [5.41, 5.74) is 2.23. The molecule has 0 radical (unpaired) electrons. The van der Waals surface area contributed by atoms with E-state index in [0.29, 0.717) is 28.0 Å². The van der Waals surface area contributed by atoms with E-state index in [9.17, 15) is 8.42 Å². The summed E-state index contributed by atoms with van der Waals surface area (Å²) in [6.45, 7) is 0.106. The Morgan fingerprint density at radius 1 is 0.811 bits per heavy atom. The summed E-state index contributed by atoms with van der Waals surface area (Å²) in [6, 6.07) is 23.0. The molecule has 0 aliphatic heterocycles. The molecule has 4 aromatic rings. The average Bonchev–Trinajstić information content (AvgIpc) is 3.28. The van der Waals surface area contributed by atoms with E-state index in [1.54, 1.807) is 56.7 Å². The number of halogens is 1. The summed E-state index contributed by atoms with van der Waals surface area (Å²) in [7, 11) is 3.01. The van der Waals surface area contributed by atoms with Gasteiger partial charge in [-0.05, 0) is 60.2 Å². The predicted molar refractivity (Wildman–Crippen MR) is 150 cm³/mol. The molecule has 0 N–H and O–H groups in total. The van der Waals surface area contributed by atoms with Crippen molar-refractivity contribution in [3.05, 3.63) is 89.4 Å². The van der Waals surface area contributed by atoms with Crippen LogP contribution in [0.25, 0.3) is 0 Å². The van der Waals surface area contributed by atoms with Crippen molar-refractivity contribution in [2.75, 3.05) is 37.5 Å². The van der Waals surface area contributed by atoms with Gasteiger partial charge < -0.3 is 19.1 Å². The Labute approximate surface area is 226 Å². The molecule has 4 rings (SSSR count). The van der Waals surface area contributed by atoms with E-state index in [-0.39, 0.29) is 15.8 Å². The van der Waals surface area contributed by atoms with Gasteiger partial charge in [0.1, 0.15) is 21.5 Å². The van der Waals surface area contributed by atoms with Crippen molar-refractivity contribution in [1.29, 1.82) is 0 Å². The van der Waals surface area contributed by atoms with Crippen LogP contribution in [0.5, 0.6) is 22.3 Å². The van der Waals surface area contributed by atoms with Crippen molar-refractivity contribution in [1.82, 2.24) is 0 Å². The smallest absolute Gasteiger partial charge is 0.274 e. The Balaban J connectivity index is 1.69. The fourth-order valence-electron chi connectivity index (χ4n) is 3.53. The maximum absolute atomic E-state index is 13.9. The van der Waals surface area contributed by atoms with Crippen LogP contribution in [0, 0.1) is 0 Å². The van der Waals surface area contributed by atoms with Gasteiger partial charge in [0.15, 0.2) is 0 Å². The van der Waals surface area contributed by atoms with Gasteiger partial charge in [-0.1, -0.05) is 41.1 Å². The molecule has 0 saturated heterocycles. The summed E-state index contributed by atoms with van der Waals surface area (Å²) in [4.78, 5) is 1.95. The lowest BCUT2D eigenvalue weighted by Crippen LogP contribution is -2.30. The fourth-order valence-corrected chi connectivity index (χ4v) is 6.70. The quantitative estimate of drug-likeness (QED) is 0.216. The summed E-state index contributed by atoms with van der Waals surface area (Å²) < 4.78 is 45.7. The molecule has 0 saturated carbocycles. The number of thiophene rings is 1. The third kappa shape index (κ3) is 6.12. The Morgan fingerprint density at radius 3 is 2.03 bits per heavy atom. The second-order valence-corrected chi connectivity index (χ2v) is 11.8. The zero-order chi connectivity index (χ0) is 26.6. The Hall–Kier alpha value is -3.40. The number of rotatable bonds is 10. The van der Waals surface area contributed by atoms with Crippen LogP contribution in [0.3, 0.4) is 0 Å². The Bertz CT molecular complexity index is 1450. The van der Waals surface area contributed by atoms with Gasteiger partial charge in [0.25, 0.3) is 10.0 Å². The number of benzene rings is 3. The molecule has 0 amide bonds. The molecular weight excluding hydrogens is 532 g/mol. The van der Waals surface area contributed by atoms with E-state index in [1.807, 2.05) is 49.3 Å². The van der Waals surface area contributed by atoms with Crippen LogP contribution in [0.15, 0.2) is 83.1 Å². The highest BCUT2D eigenvalue weighted by molar-refractivity contribution is 7.94. The van der Waals surface area contributed by atoms with Crippen LogP contribution in [-0.2, 0) is 16.6 Å². The summed E-state index contributed by atoms with van der Waals surface area (Å²) in [5.74, 6) is 1.87. The van der Waals surface area contributed by atoms with Crippen molar-refractivity contribution in [3.8, 4) is 22.3 Å². The minimum absolute atomic E-state index is 0.0700. The van der Waals surface area contributed by atoms with Gasteiger partial charge in [0.2, 0.25) is 5.06 Å². The zero-order valence-corrected chi connectivity index (χ0v) is 23.2. The van der Waals surface area contributed by atoms with Crippen LogP contribution in [-0.4, -0.2) is 36.7 Å². The number of anilines is 2. The lowest BCUT2D eigenvalue weighted by molar-refractivity contribution is 0.414. The van der Waals surface area contributed by atoms with Crippen molar-refractivity contribution in [3.63, 3.8) is 0 Å². The van der Waals surface area contributed by atoms with Gasteiger partial charge in [-0.2, -0.15) is 0 Å². The van der Waals surface area contributed by atoms with Crippen LogP contribution in [0.4, 0.5) is 11.4 Å². The molecule has 0 fully saturated rings. The molecule has 10 heteroatoms. The molecule has 7 nitrogen and oxygen atoms in total. The van der Waals surface area contributed by atoms with Crippen molar-refractivity contribution in [2.45, 2.75) is 10.8 Å². The first kappa shape index (κ1) is 26.7. The van der Waals surface area contributed by atoms with Gasteiger partial charge in [0.05, 0.1) is 31.5 Å². The normalized spacial score (nSPS) is 11.2. The minimum atomic E-state index is -4.00. The van der Waals surface area contributed by atoms with Crippen LogP contribution >= 0.6 is 22.9 Å². The Kier molecular flexibility index (Phi) is 8.16. The summed E-state index contributed by atoms with van der Waals surface area (Å²) >= 11 is 7.43. The van der Waals surface area contributed by atoms with Crippen molar-refractivity contribution < 1.29 is 22.6 Å². The molecule has 0 unspecified atom stereocenters. The molecule has 37 heavy (non-hydrogen) atoms. The molecule has 1 aromatic heterocycles. The number of ether oxygens (including phenoxy) is 3. The molecule has 0 bridgehead atoms. The Morgan fingerprint density at radius 2 is 1.43 bits per heavy atom. The first-order valence-corrected chi connectivity index (χ1v) is 13.9. The number of methoxy groups -OCH3 is 2. The topological polar surface area (TPSA) is 68.3 Å². The molecule has 194 valence electrons.